The molecule has 0 spiro atoms. The van der Waals surface area contributed by atoms with Crippen molar-refractivity contribution in [3.05, 3.63) is 100 Å². The average Bonchev–Trinajstić information content (AvgIpc) is 3.17. The van der Waals surface area contributed by atoms with Crippen LogP contribution in [0.1, 0.15) is 90.9 Å². The number of hydrogen-bond acceptors (Lipinski definition) is 3. The smallest absolute Gasteiger partial charge is 0.251 e. The van der Waals surface area contributed by atoms with Crippen molar-refractivity contribution < 1.29 is 14.3 Å². The Morgan fingerprint density at radius 1 is 0.868 bits per heavy atom. The molecule has 3 aromatic carbocycles. The van der Waals surface area contributed by atoms with Crippen molar-refractivity contribution >= 4 is 23.1 Å². The van der Waals surface area contributed by atoms with E-state index in [0.717, 1.165) is 39.6 Å². The summed E-state index contributed by atoms with van der Waals surface area (Å²) in [5.41, 5.74) is 7.48. The van der Waals surface area contributed by atoms with E-state index < -0.39 is 6.10 Å². The van der Waals surface area contributed by atoms with E-state index in [1.54, 1.807) is 6.92 Å². The van der Waals surface area contributed by atoms with Gasteiger partial charge in [-0.15, -0.1) is 0 Å². The molecule has 1 aromatic heterocycles. The molecule has 4 aromatic rings. The molecule has 1 amide bonds. The summed E-state index contributed by atoms with van der Waals surface area (Å²) in [5, 5.41) is 4.24. The summed E-state index contributed by atoms with van der Waals surface area (Å²) in [5.74, 6) is 1.03. The van der Waals surface area contributed by atoms with Crippen molar-refractivity contribution in [2.24, 2.45) is 0 Å². The van der Waals surface area contributed by atoms with Crippen LogP contribution in [0.5, 0.6) is 5.75 Å². The van der Waals surface area contributed by atoms with Gasteiger partial charge in [-0.1, -0.05) is 50.2 Å². The Hall–Kier alpha value is -3.86. The van der Waals surface area contributed by atoms with Crippen LogP contribution in [-0.4, -0.2) is 22.9 Å². The second-order valence-corrected chi connectivity index (χ2v) is 10.5. The zero-order chi connectivity index (χ0) is 27.6. The number of aromatic nitrogens is 1. The Morgan fingerprint density at radius 2 is 1.55 bits per heavy atom. The molecule has 1 unspecified atom stereocenters. The molecular formula is C33H38N2O3. The number of carbonyl (C=O) groups excluding carboxylic acids is 2. The molecule has 0 saturated heterocycles. The predicted octanol–water partition coefficient (Wildman–Crippen LogP) is 7.45. The van der Waals surface area contributed by atoms with Gasteiger partial charge in [0.05, 0.1) is 12.1 Å². The van der Waals surface area contributed by atoms with Crippen LogP contribution in [0.3, 0.4) is 0 Å². The van der Waals surface area contributed by atoms with Crippen LogP contribution < -0.4 is 10.1 Å². The lowest BCUT2D eigenvalue weighted by molar-refractivity contribution is -0.113. The number of ether oxygens (including phenoxy) is 1. The molecule has 0 radical (unpaired) electrons. The van der Waals surface area contributed by atoms with E-state index >= 15 is 0 Å². The van der Waals surface area contributed by atoms with Gasteiger partial charge in [-0.05, 0) is 93.1 Å². The molecular weight excluding hydrogens is 472 g/mol. The highest BCUT2D eigenvalue weighted by molar-refractivity contribution is 5.99. The number of benzene rings is 3. The normalized spacial score (nSPS) is 13.8. The summed E-state index contributed by atoms with van der Waals surface area (Å²) in [6.45, 7) is 14.5. The highest BCUT2D eigenvalue weighted by Crippen LogP contribution is 2.33. The molecule has 1 heterocycles. The molecule has 5 nitrogen and oxygen atoms in total. The lowest BCUT2D eigenvalue weighted by Gasteiger charge is -2.20. The summed E-state index contributed by atoms with van der Waals surface area (Å²) < 4.78 is 8.02. The van der Waals surface area contributed by atoms with Gasteiger partial charge in [0.25, 0.3) is 5.91 Å². The van der Waals surface area contributed by atoms with Crippen molar-refractivity contribution in [3.63, 3.8) is 0 Å². The first kappa shape index (κ1) is 27.2. The summed E-state index contributed by atoms with van der Waals surface area (Å²) >= 11 is 0. The molecule has 198 valence electrons. The first-order valence-corrected chi connectivity index (χ1v) is 13.3. The first-order valence-electron chi connectivity index (χ1n) is 13.3. The fourth-order valence-electron chi connectivity index (χ4n) is 5.03. The van der Waals surface area contributed by atoms with Crippen molar-refractivity contribution in [1.29, 1.82) is 0 Å². The number of carbonyl (C=O) groups is 2. The number of nitrogens with zero attached hydrogens (tertiary/aromatic N) is 1. The minimum Gasteiger partial charge on any atom is -0.483 e. The molecule has 3 atom stereocenters. The van der Waals surface area contributed by atoms with Gasteiger partial charge in [-0.25, -0.2) is 0 Å². The Morgan fingerprint density at radius 3 is 2.26 bits per heavy atom. The zero-order valence-corrected chi connectivity index (χ0v) is 23.4. The third kappa shape index (κ3) is 5.52. The van der Waals surface area contributed by atoms with Crippen molar-refractivity contribution in [2.75, 3.05) is 0 Å². The van der Waals surface area contributed by atoms with Gasteiger partial charge in [0, 0.05) is 22.2 Å². The van der Waals surface area contributed by atoms with Crippen molar-refractivity contribution in [1.82, 2.24) is 9.88 Å². The molecule has 38 heavy (non-hydrogen) atoms. The van der Waals surface area contributed by atoms with Crippen LogP contribution in [0.4, 0.5) is 0 Å². The number of aryl methyl sites for hydroxylation is 1. The molecule has 5 heteroatoms. The maximum Gasteiger partial charge on any atom is 0.251 e. The summed E-state index contributed by atoms with van der Waals surface area (Å²) in [4.78, 5) is 24.3. The number of amides is 1. The quantitative estimate of drug-likeness (QED) is 0.238. The number of nitrogens with one attached hydrogen (secondary N) is 1. The standard InChI is InChI=1S/C33H38N2O3/c1-20(2)26-10-8-11-27(16-26)23(5)34-33(37)29-14-15-32-31(18-29)22(4)24(6)35(32)25(7)28-12-9-13-30(17-28)38-21(3)19-36/h8-21,23,25H,1-7H3,(H,34,37)/t21-,23-,25?/m0/s1. The maximum atomic E-state index is 13.2. The van der Waals surface area contributed by atoms with E-state index in [1.165, 1.54) is 5.56 Å². The van der Waals surface area contributed by atoms with Gasteiger partial charge in [0.1, 0.15) is 5.75 Å². The minimum absolute atomic E-state index is 0.0363. The van der Waals surface area contributed by atoms with Crippen LogP contribution in [0.25, 0.3) is 10.9 Å². The van der Waals surface area contributed by atoms with Gasteiger partial charge in [0.15, 0.2) is 12.4 Å². The molecule has 0 aliphatic heterocycles. The van der Waals surface area contributed by atoms with E-state index in [9.17, 15) is 9.59 Å². The lowest BCUT2D eigenvalue weighted by atomic mass is 9.98. The molecule has 0 saturated carbocycles. The third-order valence-electron chi connectivity index (χ3n) is 7.49. The van der Waals surface area contributed by atoms with E-state index in [0.29, 0.717) is 17.2 Å². The Bertz CT molecular complexity index is 1470. The number of hydrogen-bond donors (Lipinski definition) is 1. The van der Waals surface area contributed by atoms with Crippen molar-refractivity contribution in [2.45, 2.75) is 72.6 Å². The van der Waals surface area contributed by atoms with Gasteiger partial charge >= 0.3 is 0 Å². The fraction of sp³-hybridized carbons (Fsp3) is 0.333. The average molecular weight is 511 g/mol. The number of fused-ring (bicyclic) bond motifs is 1. The Labute approximate surface area is 225 Å². The zero-order valence-electron chi connectivity index (χ0n) is 23.4. The van der Waals surface area contributed by atoms with Crippen LogP contribution in [0.2, 0.25) is 0 Å². The molecule has 0 aliphatic carbocycles. The second-order valence-electron chi connectivity index (χ2n) is 10.5. The monoisotopic (exact) mass is 510 g/mol. The largest absolute Gasteiger partial charge is 0.483 e. The lowest BCUT2D eigenvalue weighted by Crippen LogP contribution is -2.26. The van der Waals surface area contributed by atoms with Gasteiger partial charge in [-0.2, -0.15) is 0 Å². The van der Waals surface area contributed by atoms with Crippen LogP contribution >= 0.6 is 0 Å². The maximum absolute atomic E-state index is 13.2. The summed E-state index contributed by atoms with van der Waals surface area (Å²) in [7, 11) is 0. The molecule has 0 bridgehead atoms. The first-order chi connectivity index (χ1) is 18.1. The fourth-order valence-corrected chi connectivity index (χ4v) is 5.03. The number of aldehydes is 1. The van der Waals surface area contributed by atoms with E-state index in [2.05, 4.69) is 74.8 Å². The third-order valence-corrected chi connectivity index (χ3v) is 7.49. The Balaban J connectivity index is 1.61. The van der Waals surface area contributed by atoms with Crippen LogP contribution in [-0.2, 0) is 4.79 Å². The van der Waals surface area contributed by atoms with E-state index in [-0.39, 0.29) is 18.0 Å². The molecule has 1 N–H and O–H groups in total. The van der Waals surface area contributed by atoms with Crippen molar-refractivity contribution in [3.8, 4) is 5.75 Å². The van der Waals surface area contributed by atoms with Gasteiger partial charge < -0.3 is 14.6 Å². The topological polar surface area (TPSA) is 60.3 Å². The Kier molecular flexibility index (Phi) is 8.05. The molecule has 4 rings (SSSR count). The van der Waals surface area contributed by atoms with E-state index in [4.69, 9.17) is 4.74 Å². The molecule has 0 aliphatic rings. The van der Waals surface area contributed by atoms with E-state index in [1.807, 2.05) is 43.3 Å². The minimum atomic E-state index is -0.497. The number of rotatable bonds is 9. The highest BCUT2D eigenvalue weighted by atomic mass is 16.5. The summed E-state index contributed by atoms with van der Waals surface area (Å²) in [6, 6.07) is 22.2. The molecule has 0 fully saturated rings. The highest BCUT2D eigenvalue weighted by Gasteiger charge is 2.20. The predicted molar refractivity (Wildman–Crippen MR) is 154 cm³/mol. The van der Waals surface area contributed by atoms with Crippen LogP contribution in [0.15, 0.2) is 66.7 Å². The summed E-state index contributed by atoms with van der Waals surface area (Å²) in [6.07, 6.45) is 0.295. The van der Waals surface area contributed by atoms with Crippen LogP contribution in [0, 0.1) is 13.8 Å². The van der Waals surface area contributed by atoms with Gasteiger partial charge in [-0.3, -0.25) is 9.59 Å². The van der Waals surface area contributed by atoms with Gasteiger partial charge in [0.2, 0.25) is 0 Å². The second kappa shape index (κ2) is 11.3. The SMILES string of the molecule is Cc1c(C)n(C(C)c2cccc(O[C@@H](C)C=O)c2)c2ccc(C(=O)N[C@@H](C)c3cccc(C(C)C)c3)cc12.